The van der Waals surface area contributed by atoms with Crippen molar-refractivity contribution in [2.75, 3.05) is 13.6 Å². The first-order chi connectivity index (χ1) is 9.47. The van der Waals surface area contributed by atoms with Crippen molar-refractivity contribution < 1.29 is 9.53 Å². The maximum Gasteiger partial charge on any atom is 0.263 e. The van der Waals surface area contributed by atoms with Crippen LogP contribution in [0.4, 0.5) is 0 Å². The van der Waals surface area contributed by atoms with Crippen LogP contribution in [-0.4, -0.2) is 36.5 Å². The topological polar surface area (TPSA) is 41.6 Å². The molecule has 1 aromatic rings. The van der Waals surface area contributed by atoms with Gasteiger partial charge in [0, 0.05) is 42.6 Å². The molecule has 2 rings (SSSR count). The van der Waals surface area contributed by atoms with E-state index in [0.717, 1.165) is 35.3 Å². The number of carbonyl (C=O) groups is 1. The standard InChI is InChI=1S/C15H21BrN2O2/c1-10(2)17-9-11-8-12(16)4-5-13(11)20-14-6-7-18(3)15(14)19/h4-5,8,10,14,17H,6-7,9H2,1-3H3. The molecule has 1 fully saturated rings. The normalized spacial score (nSPS) is 18.9. The zero-order chi connectivity index (χ0) is 14.7. The van der Waals surface area contributed by atoms with Crippen molar-refractivity contribution in [1.82, 2.24) is 10.2 Å². The van der Waals surface area contributed by atoms with Crippen LogP contribution in [0.25, 0.3) is 0 Å². The Morgan fingerprint density at radius 2 is 2.25 bits per heavy atom. The molecule has 1 aromatic carbocycles. The van der Waals surface area contributed by atoms with Crippen LogP contribution in [0.3, 0.4) is 0 Å². The second kappa shape index (κ2) is 6.59. The fraction of sp³-hybridized carbons (Fsp3) is 0.533. The minimum absolute atomic E-state index is 0.0655. The van der Waals surface area contributed by atoms with Gasteiger partial charge in [0.15, 0.2) is 6.10 Å². The lowest BCUT2D eigenvalue weighted by atomic mass is 10.2. The average Bonchev–Trinajstić information content (AvgIpc) is 2.71. The van der Waals surface area contributed by atoms with E-state index < -0.39 is 0 Å². The summed E-state index contributed by atoms with van der Waals surface area (Å²) in [6, 6.07) is 6.30. The van der Waals surface area contributed by atoms with Crippen LogP contribution < -0.4 is 10.1 Å². The van der Waals surface area contributed by atoms with Gasteiger partial charge in [0.05, 0.1) is 0 Å². The number of nitrogens with zero attached hydrogens (tertiary/aromatic N) is 1. The highest BCUT2D eigenvalue weighted by atomic mass is 79.9. The second-order valence-electron chi connectivity index (χ2n) is 5.44. The lowest BCUT2D eigenvalue weighted by Crippen LogP contribution is -2.30. The second-order valence-corrected chi connectivity index (χ2v) is 6.36. The summed E-state index contributed by atoms with van der Waals surface area (Å²) in [5.41, 5.74) is 1.07. The lowest BCUT2D eigenvalue weighted by molar-refractivity contribution is -0.132. The Hall–Kier alpha value is -1.07. The highest BCUT2D eigenvalue weighted by molar-refractivity contribution is 9.10. The molecule has 0 saturated carbocycles. The molecule has 0 bridgehead atoms. The Morgan fingerprint density at radius 3 is 2.85 bits per heavy atom. The first-order valence-corrected chi connectivity index (χ1v) is 7.70. The van der Waals surface area contributed by atoms with Gasteiger partial charge in [0.25, 0.3) is 5.91 Å². The van der Waals surface area contributed by atoms with Gasteiger partial charge in [-0.2, -0.15) is 0 Å². The summed E-state index contributed by atoms with van der Waals surface area (Å²) in [5, 5.41) is 3.38. The number of halogens is 1. The van der Waals surface area contributed by atoms with E-state index in [1.54, 1.807) is 4.90 Å². The molecule has 20 heavy (non-hydrogen) atoms. The Balaban J connectivity index is 2.12. The molecule has 1 amide bonds. The number of ether oxygens (including phenoxy) is 1. The molecular formula is C15H21BrN2O2. The van der Waals surface area contributed by atoms with Crippen LogP contribution in [0.2, 0.25) is 0 Å². The molecule has 5 heteroatoms. The SMILES string of the molecule is CC(C)NCc1cc(Br)ccc1OC1CCN(C)C1=O. The monoisotopic (exact) mass is 340 g/mol. The molecule has 1 atom stereocenters. The van der Waals surface area contributed by atoms with Gasteiger partial charge in [-0.15, -0.1) is 0 Å². The van der Waals surface area contributed by atoms with Crippen LogP contribution in [-0.2, 0) is 11.3 Å². The number of amides is 1. The zero-order valence-corrected chi connectivity index (χ0v) is 13.7. The summed E-state index contributed by atoms with van der Waals surface area (Å²) in [6.07, 6.45) is 0.404. The number of hydrogen-bond donors (Lipinski definition) is 1. The van der Waals surface area contributed by atoms with E-state index in [1.165, 1.54) is 0 Å². The first kappa shape index (κ1) is 15.3. The predicted molar refractivity (Wildman–Crippen MR) is 82.8 cm³/mol. The highest BCUT2D eigenvalue weighted by Crippen LogP contribution is 2.26. The van der Waals surface area contributed by atoms with E-state index in [-0.39, 0.29) is 12.0 Å². The van der Waals surface area contributed by atoms with Gasteiger partial charge in [-0.25, -0.2) is 0 Å². The Kier molecular flexibility index (Phi) is 5.05. The fourth-order valence-corrected chi connectivity index (χ4v) is 2.58. The van der Waals surface area contributed by atoms with Crippen molar-refractivity contribution in [2.24, 2.45) is 0 Å². The molecule has 1 N–H and O–H groups in total. The Bertz CT molecular complexity index is 491. The van der Waals surface area contributed by atoms with Gasteiger partial charge < -0.3 is 15.0 Å². The van der Waals surface area contributed by atoms with E-state index in [2.05, 4.69) is 35.1 Å². The number of benzene rings is 1. The summed E-state index contributed by atoms with van der Waals surface area (Å²) in [5.74, 6) is 0.852. The molecule has 1 aliphatic rings. The minimum atomic E-state index is -0.348. The summed E-state index contributed by atoms with van der Waals surface area (Å²) in [6.45, 7) is 5.70. The first-order valence-electron chi connectivity index (χ1n) is 6.91. The number of hydrogen-bond acceptors (Lipinski definition) is 3. The van der Waals surface area contributed by atoms with Crippen molar-refractivity contribution in [2.45, 2.75) is 39.0 Å². The fourth-order valence-electron chi connectivity index (χ4n) is 2.17. The molecule has 0 spiro atoms. The molecule has 1 unspecified atom stereocenters. The number of nitrogens with one attached hydrogen (secondary N) is 1. The van der Waals surface area contributed by atoms with Crippen LogP contribution in [0, 0.1) is 0 Å². The summed E-state index contributed by atoms with van der Waals surface area (Å²) < 4.78 is 6.94. The minimum Gasteiger partial charge on any atom is -0.480 e. The molecule has 1 heterocycles. The molecule has 4 nitrogen and oxygen atoms in total. The Labute approximate surface area is 128 Å². The third-order valence-electron chi connectivity index (χ3n) is 3.37. The zero-order valence-electron chi connectivity index (χ0n) is 12.1. The van der Waals surface area contributed by atoms with E-state index in [0.29, 0.717) is 6.04 Å². The van der Waals surface area contributed by atoms with E-state index >= 15 is 0 Å². The largest absolute Gasteiger partial charge is 0.480 e. The maximum absolute atomic E-state index is 11.9. The van der Waals surface area contributed by atoms with Crippen LogP contribution >= 0.6 is 15.9 Å². The quantitative estimate of drug-likeness (QED) is 0.895. The molecule has 0 aliphatic carbocycles. The number of likely N-dealkylation sites (tertiary alicyclic amines) is 1. The molecule has 110 valence electrons. The number of carbonyl (C=O) groups excluding carboxylic acids is 1. The molecule has 0 aromatic heterocycles. The summed E-state index contributed by atoms with van der Waals surface area (Å²) in [7, 11) is 1.81. The maximum atomic E-state index is 11.9. The summed E-state index contributed by atoms with van der Waals surface area (Å²) >= 11 is 3.48. The van der Waals surface area contributed by atoms with Gasteiger partial charge in [-0.3, -0.25) is 4.79 Å². The molecule has 1 aliphatic heterocycles. The van der Waals surface area contributed by atoms with Crippen LogP contribution in [0.1, 0.15) is 25.8 Å². The highest BCUT2D eigenvalue weighted by Gasteiger charge is 2.31. The average molecular weight is 341 g/mol. The van der Waals surface area contributed by atoms with Crippen molar-refractivity contribution in [3.8, 4) is 5.75 Å². The smallest absolute Gasteiger partial charge is 0.263 e. The molecular weight excluding hydrogens is 320 g/mol. The van der Waals surface area contributed by atoms with Crippen LogP contribution in [0.15, 0.2) is 22.7 Å². The van der Waals surface area contributed by atoms with Gasteiger partial charge in [0.2, 0.25) is 0 Å². The molecule has 1 saturated heterocycles. The third-order valence-corrected chi connectivity index (χ3v) is 3.86. The van der Waals surface area contributed by atoms with Gasteiger partial charge in [0.1, 0.15) is 5.75 Å². The Morgan fingerprint density at radius 1 is 1.50 bits per heavy atom. The van der Waals surface area contributed by atoms with E-state index in [1.807, 2.05) is 25.2 Å². The number of rotatable bonds is 5. The van der Waals surface area contributed by atoms with Crippen molar-refractivity contribution in [3.63, 3.8) is 0 Å². The third kappa shape index (κ3) is 3.73. The van der Waals surface area contributed by atoms with Crippen LogP contribution in [0.5, 0.6) is 5.75 Å². The van der Waals surface area contributed by atoms with Gasteiger partial charge in [-0.05, 0) is 18.2 Å². The predicted octanol–water partition coefficient (Wildman–Crippen LogP) is 2.56. The van der Waals surface area contributed by atoms with Crippen molar-refractivity contribution >= 4 is 21.8 Å². The molecule has 0 radical (unpaired) electrons. The van der Waals surface area contributed by atoms with Crippen molar-refractivity contribution in [1.29, 1.82) is 0 Å². The van der Waals surface area contributed by atoms with E-state index in [9.17, 15) is 4.79 Å². The lowest BCUT2D eigenvalue weighted by Gasteiger charge is -2.17. The van der Waals surface area contributed by atoms with E-state index in [4.69, 9.17) is 4.74 Å². The number of likely N-dealkylation sites (N-methyl/N-ethyl adjacent to an activating group) is 1. The summed E-state index contributed by atoms with van der Waals surface area (Å²) in [4.78, 5) is 13.6. The van der Waals surface area contributed by atoms with Crippen molar-refractivity contribution in [3.05, 3.63) is 28.2 Å². The van der Waals surface area contributed by atoms with Gasteiger partial charge >= 0.3 is 0 Å². The van der Waals surface area contributed by atoms with Gasteiger partial charge in [-0.1, -0.05) is 29.8 Å².